The van der Waals surface area contributed by atoms with Crippen LogP contribution in [-0.4, -0.2) is 12.0 Å². The molecule has 4 heteroatoms. The van der Waals surface area contributed by atoms with Crippen LogP contribution >= 0.6 is 0 Å². The molecule has 1 unspecified atom stereocenters. The molecule has 1 atom stereocenters. The molecule has 0 aromatic heterocycles. The lowest BCUT2D eigenvalue weighted by molar-refractivity contribution is -0.365. The first-order chi connectivity index (χ1) is 11.5. The summed E-state index contributed by atoms with van der Waals surface area (Å²) in [7, 11) is 0. The number of rotatable bonds is 2. The van der Waals surface area contributed by atoms with Gasteiger partial charge in [-0.05, 0) is 37.0 Å². The number of halogens is 3. The van der Waals surface area contributed by atoms with Gasteiger partial charge in [0, 0.05) is 17.6 Å². The molecule has 1 saturated carbocycles. The van der Waals surface area contributed by atoms with Gasteiger partial charge in [-0.15, -0.1) is 13.2 Å². The fourth-order valence-electron chi connectivity index (χ4n) is 3.49. The van der Waals surface area contributed by atoms with Crippen molar-refractivity contribution in [3.63, 3.8) is 0 Å². The maximum atomic E-state index is 12.9. The molecular weight excluding hydrogens is 313 g/mol. The standard InChI is InChI=1S/C20H19F3O/c21-20(22,23)24-19(18-8-4-5-9-18)14-12-17(13-15-19)11-10-16-6-2-1-3-7-16/h1-3,6-7,12-14,18H,4-5,8-9,15H2. The smallest absolute Gasteiger partial charge is 0.280 e. The molecule has 0 spiro atoms. The Bertz CT molecular complexity index is 685. The second-order valence-corrected chi connectivity index (χ2v) is 6.30. The molecule has 0 aliphatic heterocycles. The topological polar surface area (TPSA) is 9.23 Å². The molecule has 0 saturated heterocycles. The molecule has 1 nitrogen and oxygen atoms in total. The Hall–Kier alpha value is -1.99. The third-order valence-electron chi connectivity index (χ3n) is 4.66. The minimum absolute atomic E-state index is 0.0877. The van der Waals surface area contributed by atoms with E-state index < -0.39 is 12.0 Å². The zero-order valence-corrected chi connectivity index (χ0v) is 13.3. The Kier molecular flexibility index (Phi) is 4.82. The molecule has 0 heterocycles. The highest BCUT2D eigenvalue weighted by Gasteiger charge is 2.47. The van der Waals surface area contributed by atoms with E-state index >= 15 is 0 Å². The Morgan fingerprint density at radius 2 is 1.75 bits per heavy atom. The van der Waals surface area contributed by atoms with E-state index in [2.05, 4.69) is 16.6 Å². The van der Waals surface area contributed by atoms with Gasteiger partial charge in [-0.25, -0.2) is 0 Å². The van der Waals surface area contributed by atoms with Gasteiger partial charge in [0.05, 0.1) is 0 Å². The lowest BCUT2D eigenvalue weighted by atomic mass is 9.79. The molecule has 1 aromatic rings. The second-order valence-electron chi connectivity index (χ2n) is 6.30. The predicted octanol–water partition coefficient (Wildman–Crippen LogP) is 5.39. The SMILES string of the molecule is FC(F)(F)OC1(C2CCCC2)C=CC(C#Cc2ccccc2)=CC1. The minimum atomic E-state index is -4.63. The molecular formula is C20H19F3O. The van der Waals surface area contributed by atoms with Crippen molar-refractivity contribution in [3.8, 4) is 11.8 Å². The maximum absolute atomic E-state index is 12.9. The monoisotopic (exact) mass is 332 g/mol. The van der Waals surface area contributed by atoms with Crippen LogP contribution in [-0.2, 0) is 4.74 Å². The van der Waals surface area contributed by atoms with Gasteiger partial charge in [-0.3, -0.25) is 4.74 Å². The van der Waals surface area contributed by atoms with Gasteiger partial charge in [0.1, 0.15) is 5.60 Å². The molecule has 0 N–H and O–H groups in total. The van der Waals surface area contributed by atoms with Gasteiger partial charge in [-0.2, -0.15) is 0 Å². The summed E-state index contributed by atoms with van der Waals surface area (Å²) in [6, 6.07) is 9.51. The summed E-state index contributed by atoms with van der Waals surface area (Å²) >= 11 is 0. The van der Waals surface area contributed by atoms with Crippen molar-refractivity contribution in [1.29, 1.82) is 0 Å². The lowest BCUT2D eigenvalue weighted by Gasteiger charge is -2.37. The van der Waals surface area contributed by atoms with Crippen molar-refractivity contribution in [1.82, 2.24) is 0 Å². The summed E-state index contributed by atoms with van der Waals surface area (Å²) in [4.78, 5) is 0. The van der Waals surface area contributed by atoms with Crippen LogP contribution in [0.5, 0.6) is 0 Å². The Morgan fingerprint density at radius 1 is 1.04 bits per heavy atom. The lowest BCUT2D eigenvalue weighted by Crippen LogP contribution is -2.43. The summed E-state index contributed by atoms with van der Waals surface area (Å²) in [5, 5.41) is 0. The van der Waals surface area contributed by atoms with E-state index in [1.165, 1.54) is 0 Å². The van der Waals surface area contributed by atoms with Crippen LogP contribution in [0.15, 0.2) is 54.1 Å². The predicted molar refractivity (Wildman–Crippen MR) is 87.0 cm³/mol. The van der Waals surface area contributed by atoms with Crippen molar-refractivity contribution >= 4 is 0 Å². The molecule has 1 fully saturated rings. The number of hydrogen-bond donors (Lipinski definition) is 0. The van der Waals surface area contributed by atoms with E-state index in [1.54, 1.807) is 18.2 Å². The quantitative estimate of drug-likeness (QED) is 0.660. The molecule has 2 aliphatic rings. The van der Waals surface area contributed by atoms with E-state index in [4.69, 9.17) is 0 Å². The van der Waals surface area contributed by atoms with Crippen molar-refractivity contribution in [2.75, 3.05) is 0 Å². The summed E-state index contributed by atoms with van der Waals surface area (Å²) in [6.45, 7) is 0. The van der Waals surface area contributed by atoms with Crippen LogP contribution in [0.2, 0.25) is 0 Å². The third kappa shape index (κ3) is 4.10. The number of hydrogen-bond acceptors (Lipinski definition) is 1. The first kappa shape index (κ1) is 16.9. The number of allylic oxidation sites excluding steroid dienone is 2. The van der Waals surface area contributed by atoms with Crippen molar-refractivity contribution in [3.05, 3.63) is 59.7 Å². The zero-order chi connectivity index (χ0) is 17.0. The molecule has 0 amide bonds. The average Bonchev–Trinajstić information content (AvgIpc) is 3.09. The van der Waals surface area contributed by atoms with Gasteiger partial charge in [0.2, 0.25) is 0 Å². The van der Waals surface area contributed by atoms with Gasteiger partial charge in [0.15, 0.2) is 0 Å². The van der Waals surface area contributed by atoms with Crippen LogP contribution < -0.4 is 0 Å². The van der Waals surface area contributed by atoms with Crippen molar-refractivity contribution in [2.24, 2.45) is 5.92 Å². The summed E-state index contributed by atoms with van der Waals surface area (Å²) in [5.74, 6) is 5.96. The highest BCUT2D eigenvalue weighted by Crippen LogP contribution is 2.44. The van der Waals surface area contributed by atoms with E-state index in [9.17, 15) is 13.2 Å². The average molecular weight is 332 g/mol. The molecule has 3 rings (SSSR count). The molecule has 126 valence electrons. The summed E-state index contributed by atoms with van der Waals surface area (Å²) < 4.78 is 43.3. The first-order valence-electron chi connectivity index (χ1n) is 8.20. The van der Waals surface area contributed by atoms with Crippen LogP contribution in [0.25, 0.3) is 0 Å². The van der Waals surface area contributed by atoms with Gasteiger partial charge >= 0.3 is 6.36 Å². The first-order valence-corrected chi connectivity index (χ1v) is 8.20. The zero-order valence-electron chi connectivity index (χ0n) is 13.3. The van der Waals surface area contributed by atoms with Crippen LogP contribution in [0.3, 0.4) is 0 Å². The number of ether oxygens (including phenoxy) is 1. The highest BCUT2D eigenvalue weighted by atomic mass is 19.4. The van der Waals surface area contributed by atoms with Gasteiger partial charge in [-0.1, -0.05) is 55.0 Å². The molecule has 24 heavy (non-hydrogen) atoms. The largest absolute Gasteiger partial charge is 0.523 e. The highest BCUT2D eigenvalue weighted by molar-refractivity contribution is 5.47. The molecule has 1 aromatic carbocycles. The van der Waals surface area contributed by atoms with Gasteiger partial charge < -0.3 is 0 Å². The Morgan fingerprint density at radius 3 is 2.33 bits per heavy atom. The van der Waals surface area contributed by atoms with Crippen LogP contribution in [0.1, 0.15) is 37.7 Å². The molecule has 2 aliphatic carbocycles. The van der Waals surface area contributed by atoms with Gasteiger partial charge in [0.25, 0.3) is 0 Å². The summed E-state index contributed by atoms with van der Waals surface area (Å²) in [6.07, 6.45) is 4.08. The molecule has 0 radical (unpaired) electrons. The van der Waals surface area contributed by atoms with E-state index in [0.717, 1.165) is 36.8 Å². The summed E-state index contributed by atoms with van der Waals surface area (Å²) in [5.41, 5.74) is 0.344. The van der Waals surface area contributed by atoms with E-state index in [1.807, 2.05) is 30.3 Å². The maximum Gasteiger partial charge on any atom is 0.523 e. The van der Waals surface area contributed by atoms with Crippen LogP contribution in [0.4, 0.5) is 13.2 Å². The van der Waals surface area contributed by atoms with E-state index in [0.29, 0.717) is 0 Å². The minimum Gasteiger partial charge on any atom is -0.280 e. The normalized spacial score (nSPS) is 24.4. The fourth-order valence-corrected chi connectivity index (χ4v) is 3.49. The fraction of sp³-hybridized carbons (Fsp3) is 0.400. The van der Waals surface area contributed by atoms with Crippen molar-refractivity contribution in [2.45, 2.75) is 44.1 Å². The Balaban J connectivity index is 1.77. The number of benzene rings is 1. The Labute approximate surface area is 140 Å². The third-order valence-corrected chi connectivity index (χ3v) is 4.66. The van der Waals surface area contributed by atoms with Crippen molar-refractivity contribution < 1.29 is 17.9 Å². The second kappa shape index (κ2) is 6.86. The van der Waals surface area contributed by atoms with E-state index in [-0.39, 0.29) is 12.3 Å². The van der Waals surface area contributed by atoms with Crippen LogP contribution in [0, 0.1) is 17.8 Å². The molecule has 0 bridgehead atoms. The number of alkyl halides is 3.